The van der Waals surface area contributed by atoms with Crippen LogP contribution in [0.2, 0.25) is 0 Å². The van der Waals surface area contributed by atoms with Crippen molar-refractivity contribution in [2.75, 3.05) is 32.1 Å². The summed E-state index contributed by atoms with van der Waals surface area (Å²) in [4.78, 5) is 25.2. The first-order valence-electron chi connectivity index (χ1n) is 6.63. The molecule has 0 fully saturated rings. The number of amides is 2. The molecule has 6 heteroatoms. The first kappa shape index (κ1) is 14.9. The van der Waals surface area contributed by atoms with Crippen molar-refractivity contribution < 1.29 is 19.1 Å². The minimum atomic E-state index is -0.381. The van der Waals surface area contributed by atoms with E-state index in [2.05, 4.69) is 5.32 Å². The lowest BCUT2D eigenvalue weighted by Gasteiger charge is -2.20. The lowest BCUT2D eigenvalue weighted by Crippen LogP contribution is -2.37. The van der Waals surface area contributed by atoms with Gasteiger partial charge in [0.1, 0.15) is 19.5 Å². The monoisotopic (exact) mass is 290 g/mol. The smallest absolute Gasteiger partial charge is 0.292 e. The Morgan fingerprint density at radius 2 is 1.95 bits per heavy atom. The van der Waals surface area contributed by atoms with Crippen LogP contribution in [0.1, 0.15) is 5.56 Å². The van der Waals surface area contributed by atoms with E-state index in [4.69, 9.17) is 9.47 Å². The Balaban J connectivity index is 1.88. The van der Waals surface area contributed by atoms with Crippen LogP contribution in [0.25, 0.3) is 0 Å². The third kappa shape index (κ3) is 4.24. The average Bonchev–Trinajstić information content (AvgIpc) is 2.49. The Morgan fingerprint density at radius 1 is 1.24 bits per heavy atom. The molecule has 0 aliphatic carbocycles. The van der Waals surface area contributed by atoms with Crippen molar-refractivity contribution >= 4 is 17.5 Å². The summed E-state index contributed by atoms with van der Waals surface area (Å²) in [7, 11) is 1.54. The van der Waals surface area contributed by atoms with Gasteiger partial charge in [-0.1, -0.05) is 17.7 Å². The maximum absolute atomic E-state index is 12.0. The van der Waals surface area contributed by atoms with Crippen LogP contribution in [0.15, 0.2) is 36.3 Å². The molecule has 0 spiro atoms. The topological polar surface area (TPSA) is 67.9 Å². The van der Waals surface area contributed by atoms with Crippen molar-refractivity contribution in [2.24, 2.45) is 0 Å². The second kappa shape index (κ2) is 6.78. The van der Waals surface area contributed by atoms with Gasteiger partial charge in [-0.2, -0.15) is 0 Å². The van der Waals surface area contributed by atoms with Crippen LogP contribution in [0.3, 0.4) is 0 Å². The number of benzene rings is 1. The van der Waals surface area contributed by atoms with Crippen LogP contribution >= 0.6 is 0 Å². The summed E-state index contributed by atoms with van der Waals surface area (Å²) in [6, 6.07) is 7.44. The first-order valence-corrected chi connectivity index (χ1v) is 6.63. The van der Waals surface area contributed by atoms with Crippen molar-refractivity contribution in [1.82, 2.24) is 4.90 Å². The van der Waals surface area contributed by atoms with E-state index in [0.29, 0.717) is 18.9 Å². The average molecular weight is 290 g/mol. The van der Waals surface area contributed by atoms with Crippen molar-refractivity contribution in [3.63, 3.8) is 0 Å². The number of nitrogens with one attached hydrogen (secondary N) is 1. The summed E-state index contributed by atoms with van der Waals surface area (Å²) in [5, 5.41) is 2.73. The lowest BCUT2D eigenvalue weighted by molar-refractivity contribution is -0.134. The van der Waals surface area contributed by atoms with Gasteiger partial charge in [-0.05, 0) is 19.1 Å². The van der Waals surface area contributed by atoms with Gasteiger partial charge in [-0.25, -0.2) is 0 Å². The zero-order valence-electron chi connectivity index (χ0n) is 12.1. The normalized spacial score (nSPS) is 13.5. The van der Waals surface area contributed by atoms with Gasteiger partial charge >= 0.3 is 0 Å². The van der Waals surface area contributed by atoms with Gasteiger partial charge in [-0.15, -0.1) is 0 Å². The summed E-state index contributed by atoms with van der Waals surface area (Å²) in [6.07, 6.45) is 1.28. The molecule has 0 atom stereocenters. The third-order valence-electron chi connectivity index (χ3n) is 2.92. The number of anilines is 1. The molecule has 0 unspecified atom stereocenters. The maximum Gasteiger partial charge on any atom is 0.292 e. The molecule has 6 nitrogen and oxygen atoms in total. The van der Waals surface area contributed by atoms with Gasteiger partial charge in [-0.3, -0.25) is 9.59 Å². The highest BCUT2D eigenvalue weighted by Gasteiger charge is 2.21. The highest BCUT2D eigenvalue weighted by molar-refractivity contribution is 5.97. The molecule has 0 bridgehead atoms. The number of rotatable bonds is 4. The minimum Gasteiger partial charge on any atom is -0.494 e. The number of likely N-dealkylation sites (N-methyl/N-ethyl adjacent to an activating group) is 1. The molecule has 1 aromatic rings. The highest BCUT2D eigenvalue weighted by Crippen LogP contribution is 2.10. The molecule has 1 heterocycles. The quantitative estimate of drug-likeness (QED) is 0.907. The minimum absolute atomic E-state index is 0.0621. The molecule has 0 radical (unpaired) electrons. The van der Waals surface area contributed by atoms with Gasteiger partial charge in [0.15, 0.2) is 0 Å². The van der Waals surface area contributed by atoms with Crippen LogP contribution in [0.4, 0.5) is 5.69 Å². The summed E-state index contributed by atoms with van der Waals surface area (Å²) < 4.78 is 10.2. The molecule has 1 aromatic carbocycles. The molecular formula is C15H18N2O4. The summed E-state index contributed by atoms with van der Waals surface area (Å²) in [6.45, 7) is 2.67. The number of ether oxygens (including phenoxy) is 2. The largest absolute Gasteiger partial charge is 0.494 e. The molecule has 112 valence electrons. The number of hydrogen-bond donors (Lipinski definition) is 1. The first-order chi connectivity index (χ1) is 10.1. The summed E-state index contributed by atoms with van der Waals surface area (Å²) in [5.74, 6) is -0.535. The Hall–Kier alpha value is -2.50. The summed E-state index contributed by atoms with van der Waals surface area (Å²) in [5.41, 5.74) is 1.81. The van der Waals surface area contributed by atoms with E-state index < -0.39 is 0 Å². The van der Waals surface area contributed by atoms with E-state index in [9.17, 15) is 9.59 Å². The van der Waals surface area contributed by atoms with Crippen molar-refractivity contribution in [2.45, 2.75) is 6.92 Å². The molecule has 0 saturated heterocycles. The molecular weight excluding hydrogens is 272 g/mol. The van der Waals surface area contributed by atoms with Crippen molar-refractivity contribution in [1.29, 1.82) is 0 Å². The van der Waals surface area contributed by atoms with Crippen molar-refractivity contribution in [3.8, 4) is 0 Å². The zero-order chi connectivity index (χ0) is 15.2. The Kier molecular flexibility index (Phi) is 4.81. The van der Waals surface area contributed by atoms with E-state index in [-0.39, 0.29) is 24.1 Å². The number of hydrogen-bond acceptors (Lipinski definition) is 4. The molecule has 21 heavy (non-hydrogen) atoms. The number of nitrogens with zero attached hydrogens (tertiary/aromatic N) is 1. The Labute approximate surface area is 123 Å². The molecule has 1 N–H and O–H groups in total. The number of carbonyl (C=O) groups is 2. The fourth-order valence-corrected chi connectivity index (χ4v) is 1.79. The van der Waals surface area contributed by atoms with Gasteiger partial charge in [0.25, 0.3) is 5.91 Å². The van der Waals surface area contributed by atoms with E-state index in [1.165, 1.54) is 18.2 Å². The van der Waals surface area contributed by atoms with E-state index in [1.54, 1.807) is 0 Å². The van der Waals surface area contributed by atoms with Crippen molar-refractivity contribution in [3.05, 3.63) is 41.9 Å². The third-order valence-corrected chi connectivity index (χ3v) is 2.92. The van der Waals surface area contributed by atoms with Crippen LogP contribution in [-0.2, 0) is 19.1 Å². The Morgan fingerprint density at radius 3 is 2.57 bits per heavy atom. The van der Waals surface area contributed by atoms with Gasteiger partial charge in [0.2, 0.25) is 11.7 Å². The van der Waals surface area contributed by atoms with Gasteiger partial charge in [0.05, 0.1) is 6.54 Å². The molecule has 1 aliphatic rings. The standard InChI is InChI=1S/C15H18N2O4/c1-11-3-5-12(6-4-11)16-14(18)9-17(2)15(19)13-10-20-7-8-21-13/h3-6,10H,7-9H2,1-2H3,(H,16,18). The van der Waals surface area contributed by atoms with E-state index in [1.807, 2.05) is 31.2 Å². The molecule has 2 rings (SSSR count). The second-order valence-electron chi connectivity index (χ2n) is 4.78. The Bertz CT molecular complexity index is 551. The number of carbonyl (C=O) groups excluding carboxylic acids is 2. The maximum atomic E-state index is 12.0. The fraction of sp³-hybridized carbons (Fsp3) is 0.333. The summed E-state index contributed by atoms with van der Waals surface area (Å²) >= 11 is 0. The molecule has 0 aromatic heterocycles. The number of aryl methyl sites for hydroxylation is 1. The van der Waals surface area contributed by atoms with Gasteiger partial charge in [0, 0.05) is 12.7 Å². The predicted octanol–water partition coefficient (Wildman–Crippen LogP) is 1.28. The van der Waals surface area contributed by atoms with Crippen LogP contribution < -0.4 is 5.32 Å². The van der Waals surface area contributed by atoms with Gasteiger partial charge < -0.3 is 19.7 Å². The fourth-order valence-electron chi connectivity index (χ4n) is 1.79. The second-order valence-corrected chi connectivity index (χ2v) is 4.78. The molecule has 0 saturated carbocycles. The van der Waals surface area contributed by atoms with Crippen LogP contribution in [0, 0.1) is 6.92 Å². The predicted molar refractivity (Wildman–Crippen MR) is 77.4 cm³/mol. The van der Waals surface area contributed by atoms with E-state index >= 15 is 0 Å². The van der Waals surface area contributed by atoms with E-state index in [0.717, 1.165) is 5.56 Å². The molecule has 2 amide bonds. The van der Waals surface area contributed by atoms with Crippen LogP contribution in [-0.4, -0.2) is 43.5 Å². The zero-order valence-corrected chi connectivity index (χ0v) is 12.1. The SMILES string of the molecule is Cc1ccc(NC(=O)CN(C)C(=O)C2=COCCO2)cc1. The highest BCUT2D eigenvalue weighted by atomic mass is 16.6. The lowest BCUT2D eigenvalue weighted by atomic mass is 10.2. The van der Waals surface area contributed by atoms with Crippen LogP contribution in [0.5, 0.6) is 0 Å². The molecule has 1 aliphatic heterocycles.